The summed E-state index contributed by atoms with van der Waals surface area (Å²) in [7, 11) is 1.30. The Kier molecular flexibility index (Phi) is 11.2. The number of thioether (sulfide) groups is 1. The van der Waals surface area contributed by atoms with E-state index in [0.717, 1.165) is 27.3 Å². The van der Waals surface area contributed by atoms with Gasteiger partial charge in [-0.2, -0.15) is 0 Å². The molecule has 0 unspecified atom stereocenters. The van der Waals surface area contributed by atoms with Crippen LogP contribution in [0.3, 0.4) is 0 Å². The Morgan fingerprint density at radius 3 is 2.42 bits per heavy atom. The Hall–Kier alpha value is -4.22. The summed E-state index contributed by atoms with van der Waals surface area (Å²) >= 11 is 1.63. The molecule has 5 rings (SSSR count). The average molecular weight is 628 g/mol. The molecule has 1 saturated heterocycles. The lowest BCUT2D eigenvalue weighted by atomic mass is 9.91. The minimum absolute atomic E-state index is 0.0180. The van der Waals surface area contributed by atoms with Gasteiger partial charge in [-0.15, -0.1) is 11.8 Å². The molecule has 5 atom stereocenters. The maximum atomic E-state index is 13.0. The van der Waals surface area contributed by atoms with Crippen molar-refractivity contribution < 1.29 is 28.9 Å². The van der Waals surface area contributed by atoms with Gasteiger partial charge in [0.05, 0.1) is 31.0 Å². The number of hydrogen-bond acceptors (Lipinski definition) is 8. The van der Waals surface area contributed by atoms with E-state index < -0.39 is 24.3 Å². The van der Waals surface area contributed by atoms with Crippen LogP contribution in [0.1, 0.15) is 41.6 Å². The Labute approximate surface area is 267 Å². The molecule has 9 nitrogen and oxygen atoms in total. The van der Waals surface area contributed by atoms with Crippen LogP contribution in [0.4, 0.5) is 10.5 Å². The molecule has 2 amide bonds. The number of aliphatic hydroxyl groups excluding tert-OH is 1. The number of ether oxygens (including phenoxy) is 3. The molecule has 2 heterocycles. The van der Waals surface area contributed by atoms with E-state index in [0.29, 0.717) is 17.9 Å². The molecular formula is C35H37N3O6S. The molecule has 0 bridgehead atoms. The first-order chi connectivity index (χ1) is 21.9. The normalized spacial score (nSPS) is 20.2. The van der Waals surface area contributed by atoms with Crippen molar-refractivity contribution in [2.24, 2.45) is 5.92 Å². The van der Waals surface area contributed by atoms with E-state index in [1.165, 1.54) is 7.11 Å². The van der Waals surface area contributed by atoms with Gasteiger partial charge in [0.15, 0.2) is 6.29 Å². The lowest BCUT2D eigenvalue weighted by molar-refractivity contribution is -0.268. The molecule has 10 heteroatoms. The van der Waals surface area contributed by atoms with Crippen molar-refractivity contribution in [1.29, 1.82) is 0 Å². The second-order valence-electron chi connectivity index (χ2n) is 10.8. The number of rotatable bonds is 11. The first-order valence-electron chi connectivity index (χ1n) is 14.8. The second-order valence-corrected chi connectivity index (χ2v) is 11.8. The summed E-state index contributed by atoms with van der Waals surface area (Å²) in [6, 6.07) is 28.9. The zero-order valence-electron chi connectivity index (χ0n) is 25.2. The number of esters is 1. The smallest absolute Gasteiger partial charge is 0.328 e. The van der Waals surface area contributed by atoms with E-state index in [1.807, 2.05) is 84.9 Å². The third-order valence-corrected chi connectivity index (χ3v) is 8.68. The summed E-state index contributed by atoms with van der Waals surface area (Å²) in [6.45, 7) is 2.08. The molecule has 3 aromatic carbocycles. The molecule has 1 aliphatic rings. The van der Waals surface area contributed by atoms with E-state index in [2.05, 4.69) is 22.5 Å². The Morgan fingerprint density at radius 1 is 0.933 bits per heavy atom. The van der Waals surface area contributed by atoms with E-state index in [1.54, 1.807) is 30.1 Å². The number of hydrogen-bond donors (Lipinski definition) is 3. The molecule has 4 aromatic rings. The van der Waals surface area contributed by atoms with Crippen molar-refractivity contribution >= 4 is 29.4 Å². The topological polar surface area (TPSA) is 119 Å². The van der Waals surface area contributed by atoms with Gasteiger partial charge >= 0.3 is 12.0 Å². The maximum Gasteiger partial charge on any atom is 0.328 e. The van der Waals surface area contributed by atoms with Gasteiger partial charge in [0.25, 0.3) is 0 Å². The third kappa shape index (κ3) is 8.70. The van der Waals surface area contributed by atoms with Gasteiger partial charge in [0, 0.05) is 35.5 Å². The Balaban J connectivity index is 1.32. The summed E-state index contributed by atoms with van der Waals surface area (Å²) in [5, 5.41) is 16.0. The molecule has 45 heavy (non-hydrogen) atoms. The van der Waals surface area contributed by atoms with Crippen LogP contribution < -0.4 is 10.6 Å². The number of carbonyl (C=O) groups excluding carboxylic acids is 2. The molecule has 0 spiro atoms. The van der Waals surface area contributed by atoms with E-state index in [4.69, 9.17) is 14.2 Å². The molecule has 0 saturated carbocycles. The summed E-state index contributed by atoms with van der Waals surface area (Å²) < 4.78 is 18.0. The third-order valence-electron chi connectivity index (χ3n) is 7.65. The monoisotopic (exact) mass is 627 g/mol. The highest BCUT2D eigenvalue weighted by atomic mass is 32.2. The zero-order valence-corrected chi connectivity index (χ0v) is 26.0. The van der Waals surface area contributed by atoms with Crippen LogP contribution in [0.25, 0.3) is 0 Å². The molecule has 1 fully saturated rings. The summed E-state index contributed by atoms with van der Waals surface area (Å²) in [5.41, 5.74) is 3.96. The summed E-state index contributed by atoms with van der Waals surface area (Å²) in [5.74, 6) is 0.151. The van der Waals surface area contributed by atoms with Crippen molar-refractivity contribution in [3.05, 3.63) is 126 Å². The number of nitrogens with zero attached hydrogens (tertiary/aromatic N) is 1. The van der Waals surface area contributed by atoms with Crippen LogP contribution in [0.2, 0.25) is 0 Å². The highest BCUT2D eigenvalue weighted by molar-refractivity contribution is 7.99. The number of methoxy groups -OCH3 is 1. The van der Waals surface area contributed by atoms with Gasteiger partial charge in [-0.3, -0.25) is 0 Å². The van der Waals surface area contributed by atoms with Crippen LogP contribution in [-0.2, 0) is 32.0 Å². The number of benzene rings is 3. The van der Waals surface area contributed by atoms with Crippen LogP contribution in [0.5, 0.6) is 0 Å². The van der Waals surface area contributed by atoms with Crippen molar-refractivity contribution in [1.82, 2.24) is 10.3 Å². The van der Waals surface area contributed by atoms with Gasteiger partial charge < -0.3 is 30.0 Å². The SMILES string of the molecule is COC(=O)[C@H](Cc1ccccc1)NC(=O)Nc1cccc([C@H]2O[C@@H](CSc3ccccn3)[C@@H](C)[C@@H](c3ccc(CO)cc3)O2)c1. The number of aliphatic hydroxyl groups is 1. The second kappa shape index (κ2) is 15.7. The van der Waals surface area contributed by atoms with Crippen molar-refractivity contribution in [3.8, 4) is 0 Å². The highest BCUT2D eigenvalue weighted by Gasteiger charge is 2.38. The van der Waals surface area contributed by atoms with Crippen LogP contribution in [0.15, 0.2) is 108 Å². The minimum atomic E-state index is -0.859. The predicted molar refractivity (Wildman–Crippen MR) is 172 cm³/mol. The van der Waals surface area contributed by atoms with Crippen molar-refractivity contribution in [2.45, 2.75) is 49.5 Å². The average Bonchev–Trinajstić information content (AvgIpc) is 3.08. The molecule has 0 aliphatic carbocycles. The molecule has 234 valence electrons. The minimum Gasteiger partial charge on any atom is -0.467 e. The van der Waals surface area contributed by atoms with E-state index >= 15 is 0 Å². The largest absolute Gasteiger partial charge is 0.467 e. The Morgan fingerprint density at radius 2 is 1.71 bits per heavy atom. The van der Waals surface area contributed by atoms with Gasteiger partial charge in [0.1, 0.15) is 6.04 Å². The zero-order chi connectivity index (χ0) is 31.6. The number of anilines is 1. The fourth-order valence-electron chi connectivity index (χ4n) is 5.18. The molecule has 1 aliphatic heterocycles. The Bertz CT molecular complexity index is 1540. The first-order valence-corrected chi connectivity index (χ1v) is 15.8. The predicted octanol–water partition coefficient (Wildman–Crippen LogP) is 6.06. The van der Waals surface area contributed by atoms with Gasteiger partial charge in [-0.05, 0) is 41.0 Å². The quantitative estimate of drug-likeness (QED) is 0.136. The fourth-order valence-corrected chi connectivity index (χ4v) is 6.21. The van der Waals surface area contributed by atoms with Crippen molar-refractivity contribution in [2.75, 3.05) is 18.2 Å². The maximum absolute atomic E-state index is 13.0. The highest BCUT2D eigenvalue weighted by Crippen LogP contribution is 2.43. The van der Waals surface area contributed by atoms with E-state index in [-0.39, 0.29) is 24.7 Å². The van der Waals surface area contributed by atoms with Gasteiger partial charge in [-0.1, -0.05) is 79.7 Å². The molecule has 1 aromatic heterocycles. The molecular weight excluding hydrogens is 590 g/mol. The lowest BCUT2D eigenvalue weighted by Gasteiger charge is -2.41. The number of urea groups is 1. The molecule has 3 N–H and O–H groups in total. The lowest BCUT2D eigenvalue weighted by Crippen LogP contribution is -2.45. The number of amides is 2. The van der Waals surface area contributed by atoms with Crippen LogP contribution in [0, 0.1) is 5.92 Å². The number of aromatic nitrogens is 1. The van der Waals surface area contributed by atoms with Crippen LogP contribution in [-0.4, -0.2) is 47.1 Å². The first kappa shape index (κ1) is 32.2. The number of pyridine rings is 1. The summed E-state index contributed by atoms with van der Waals surface area (Å²) in [4.78, 5) is 29.9. The summed E-state index contributed by atoms with van der Waals surface area (Å²) in [6.07, 6.45) is 0.918. The van der Waals surface area contributed by atoms with Gasteiger partial charge in [0.2, 0.25) is 0 Å². The van der Waals surface area contributed by atoms with E-state index in [9.17, 15) is 14.7 Å². The number of carbonyl (C=O) groups is 2. The van der Waals surface area contributed by atoms with Crippen LogP contribution >= 0.6 is 11.8 Å². The van der Waals surface area contributed by atoms with Gasteiger partial charge in [-0.25, -0.2) is 14.6 Å². The molecule has 0 radical (unpaired) electrons. The number of nitrogens with one attached hydrogen (secondary N) is 2. The fraction of sp³-hybridized carbons (Fsp3) is 0.286. The standard InChI is InChI=1S/C35H37N3O6S/c1-23-30(22-45-31-13-6-7-18-36-31)43-34(44-32(23)26-16-14-25(21-39)15-17-26)27-11-8-12-28(20-27)37-35(41)38-29(33(40)42-2)19-24-9-4-3-5-10-24/h3-18,20,23,29-30,32,34,39H,19,21-22H2,1-2H3,(H2,37,38,41)/t23-,29+,30+,32+,34+/m1/s1. The van der Waals surface area contributed by atoms with Crippen molar-refractivity contribution in [3.63, 3.8) is 0 Å².